The van der Waals surface area contributed by atoms with Gasteiger partial charge in [-0.2, -0.15) is 0 Å². The number of aromatic nitrogens is 3. The number of nitrogens with zero attached hydrogens (tertiary/aromatic N) is 3. The molecule has 0 aliphatic rings. The van der Waals surface area contributed by atoms with Gasteiger partial charge in [0.15, 0.2) is 0 Å². The summed E-state index contributed by atoms with van der Waals surface area (Å²) in [5, 5.41) is 16.3. The lowest BCUT2D eigenvalue weighted by Gasteiger charge is -2.01. The van der Waals surface area contributed by atoms with Crippen LogP contribution in [0.1, 0.15) is 19.0 Å². The highest BCUT2D eigenvalue weighted by molar-refractivity contribution is 4.93. The van der Waals surface area contributed by atoms with E-state index in [1.54, 1.807) is 6.20 Å². The molecule has 0 saturated heterocycles. The van der Waals surface area contributed by atoms with Crippen LogP contribution in [0.5, 0.6) is 0 Å². The van der Waals surface area contributed by atoms with E-state index in [1.165, 1.54) is 0 Å². The van der Waals surface area contributed by atoms with Crippen molar-refractivity contribution in [2.24, 2.45) is 0 Å². The summed E-state index contributed by atoms with van der Waals surface area (Å²) >= 11 is 0. The first-order chi connectivity index (χ1) is 5.38. The summed E-state index contributed by atoms with van der Waals surface area (Å²) in [6.45, 7) is 3.14. The van der Waals surface area contributed by atoms with Crippen LogP contribution in [0.4, 0.5) is 0 Å². The Balaban J connectivity index is 2.62. The van der Waals surface area contributed by atoms with Crippen molar-refractivity contribution in [3.05, 3.63) is 11.9 Å². The molecule has 11 heavy (non-hydrogen) atoms. The summed E-state index contributed by atoms with van der Waals surface area (Å²) in [7, 11) is 0. The quantitative estimate of drug-likeness (QED) is 0.676. The first-order valence-corrected chi connectivity index (χ1v) is 3.86. The molecule has 4 nitrogen and oxygen atoms in total. The third-order valence-electron chi connectivity index (χ3n) is 1.50. The normalized spacial score (nSPS) is 10.4. The van der Waals surface area contributed by atoms with Crippen LogP contribution >= 0.6 is 0 Å². The van der Waals surface area contributed by atoms with Crippen molar-refractivity contribution in [2.75, 3.05) is 6.61 Å². The Morgan fingerprint density at radius 3 is 3.09 bits per heavy atom. The zero-order chi connectivity index (χ0) is 8.10. The Kier molecular flexibility index (Phi) is 3.04. The van der Waals surface area contributed by atoms with E-state index in [2.05, 4.69) is 17.2 Å². The van der Waals surface area contributed by atoms with Gasteiger partial charge < -0.3 is 5.11 Å². The average molecular weight is 155 g/mol. The molecule has 62 valence electrons. The summed E-state index contributed by atoms with van der Waals surface area (Å²) < 4.78 is 1.83. The Morgan fingerprint density at radius 1 is 1.64 bits per heavy atom. The Bertz CT molecular complexity index is 189. The molecule has 1 rings (SSSR count). The molecule has 1 N–H and O–H groups in total. The van der Waals surface area contributed by atoms with Gasteiger partial charge in [0.05, 0.1) is 11.9 Å². The van der Waals surface area contributed by atoms with E-state index in [-0.39, 0.29) is 6.61 Å². The minimum absolute atomic E-state index is 0.164. The number of aryl methyl sites for hydroxylation is 1. The van der Waals surface area contributed by atoms with E-state index < -0.39 is 0 Å². The van der Waals surface area contributed by atoms with Crippen molar-refractivity contribution in [1.29, 1.82) is 0 Å². The standard InChI is InChI=1S/C7H13N3O/c1-2-4-10-7(3-5-11)6-8-9-10/h6,11H,2-5H2,1H3. The van der Waals surface area contributed by atoms with Crippen LogP contribution in [0.25, 0.3) is 0 Å². The lowest BCUT2D eigenvalue weighted by Crippen LogP contribution is -2.05. The van der Waals surface area contributed by atoms with Gasteiger partial charge in [-0.3, -0.25) is 0 Å². The van der Waals surface area contributed by atoms with Gasteiger partial charge in [-0.25, -0.2) is 4.68 Å². The van der Waals surface area contributed by atoms with Crippen molar-refractivity contribution < 1.29 is 5.11 Å². The summed E-state index contributed by atoms with van der Waals surface area (Å²) in [4.78, 5) is 0. The number of aliphatic hydroxyl groups is 1. The van der Waals surface area contributed by atoms with Crippen molar-refractivity contribution in [3.63, 3.8) is 0 Å². The predicted octanol–water partition coefficient (Wildman–Crippen LogP) is 0.223. The van der Waals surface area contributed by atoms with Crippen LogP contribution in [0, 0.1) is 0 Å². The fourth-order valence-electron chi connectivity index (χ4n) is 0.987. The molecule has 0 unspecified atom stereocenters. The predicted molar refractivity (Wildman–Crippen MR) is 41.1 cm³/mol. The summed E-state index contributed by atoms with van der Waals surface area (Å²) in [5.74, 6) is 0. The highest BCUT2D eigenvalue weighted by Gasteiger charge is 2.00. The number of aliphatic hydroxyl groups excluding tert-OH is 1. The van der Waals surface area contributed by atoms with Crippen LogP contribution in [0.15, 0.2) is 6.20 Å². The summed E-state index contributed by atoms with van der Waals surface area (Å²) in [6.07, 6.45) is 3.39. The van der Waals surface area contributed by atoms with E-state index in [4.69, 9.17) is 5.11 Å². The minimum atomic E-state index is 0.164. The zero-order valence-corrected chi connectivity index (χ0v) is 6.69. The summed E-state index contributed by atoms with van der Waals surface area (Å²) in [5.41, 5.74) is 1.01. The molecular weight excluding hydrogens is 142 g/mol. The Morgan fingerprint density at radius 2 is 2.45 bits per heavy atom. The number of hydrogen-bond donors (Lipinski definition) is 1. The van der Waals surface area contributed by atoms with Gasteiger partial charge in [0.2, 0.25) is 0 Å². The second-order valence-electron chi connectivity index (χ2n) is 2.42. The van der Waals surface area contributed by atoms with E-state index in [0.29, 0.717) is 6.42 Å². The summed E-state index contributed by atoms with van der Waals surface area (Å²) in [6, 6.07) is 0. The van der Waals surface area contributed by atoms with Gasteiger partial charge in [0.1, 0.15) is 0 Å². The van der Waals surface area contributed by atoms with E-state index in [0.717, 1.165) is 18.7 Å². The molecule has 0 amide bonds. The molecule has 4 heteroatoms. The first-order valence-electron chi connectivity index (χ1n) is 3.86. The van der Waals surface area contributed by atoms with Crippen LogP contribution in [0.3, 0.4) is 0 Å². The molecule has 0 radical (unpaired) electrons. The third-order valence-corrected chi connectivity index (χ3v) is 1.50. The number of rotatable bonds is 4. The van der Waals surface area contributed by atoms with E-state index in [9.17, 15) is 0 Å². The van der Waals surface area contributed by atoms with Gasteiger partial charge in [-0.1, -0.05) is 12.1 Å². The Hall–Kier alpha value is -0.900. The maximum Gasteiger partial charge on any atom is 0.0726 e. The average Bonchev–Trinajstić information content (AvgIpc) is 2.39. The maximum absolute atomic E-state index is 8.66. The highest BCUT2D eigenvalue weighted by atomic mass is 16.3. The van der Waals surface area contributed by atoms with Crippen molar-refractivity contribution in [3.8, 4) is 0 Å². The fourth-order valence-corrected chi connectivity index (χ4v) is 0.987. The monoisotopic (exact) mass is 155 g/mol. The van der Waals surface area contributed by atoms with Crippen LogP contribution < -0.4 is 0 Å². The molecular formula is C7H13N3O. The lowest BCUT2D eigenvalue weighted by atomic mass is 10.3. The third kappa shape index (κ3) is 2.01. The molecule has 0 fully saturated rings. The molecule has 0 atom stereocenters. The first kappa shape index (κ1) is 8.20. The molecule has 1 heterocycles. The van der Waals surface area contributed by atoms with Crippen molar-refractivity contribution in [2.45, 2.75) is 26.3 Å². The SMILES string of the molecule is CCCn1nncc1CCO. The molecule has 1 aromatic rings. The van der Waals surface area contributed by atoms with Crippen LogP contribution in [-0.4, -0.2) is 26.7 Å². The highest BCUT2D eigenvalue weighted by Crippen LogP contribution is 1.97. The molecule has 0 aliphatic carbocycles. The largest absolute Gasteiger partial charge is 0.396 e. The van der Waals surface area contributed by atoms with Crippen molar-refractivity contribution >= 4 is 0 Å². The van der Waals surface area contributed by atoms with Gasteiger partial charge in [-0.15, -0.1) is 5.10 Å². The topological polar surface area (TPSA) is 50.9 Å². The molecule has 1 aromatic heterocycles. The smallest absolute Gasteiger partial charge is 0.0726 e. The number of hydrogen-bond acceptors (Lipinski definition) is 3. The van der Waals surface area contributed by atoms with Gasteiger partial charge in [0, 0.05) is 19.6 Å². The minimum Gasteiger partial charge on any atom is -0.396 e. The van der Waals surface area contributed by atoms with Gasteiger partial charge in [-0.05, 0) is 6.42 Å². The van der Waals surface area contributed by atoms with E-state index >= 15 is 0 Å². The fraction of sp³-hybridized carbons (Fsp3) is 0.714. The molecule has 0 aliphatic heterocycles. The second-order valence-corrected chi connectivity index (χ2v) is 2.42. The zero-order valence-electron chi connectivity index (χ0n) is 6.69. The van der Waals surface area contributed by atoms with E-state index in [1.807, 2.05) is 4.68 Å². The molecule has 0 saturated carbocycles. The molecule has 0 aromatic carbocycles. The molecule has 0 spiro atoms. The van der Waals surface area contributed by atoms with Crippen LogP contribution in [0.2, 0.25) is 0 Å². The van der Waals surface area contributed by atoms with Gasteiger partial charge in [0.25, 0.3) is 0 Å². The molecule has 0 bridgehead atoms. The second kappa shape index (κ2) is 4.08. The van der Waals surface area contributed by atoms with Crippen LogP contribution in [-0.2, 0) is 13.0 Å². The Labute approximate surface area is 65.8 Å². The van der Waals surface area contributed by atoms with Gasteiger partial charge >= 0.3 is 0 Å². The maximum atomic E-state index is 8.66. The van der Waals surface area contributed by atoms with Crippen molar-refractivity contribution in [1.82, 2.24) is 15.0 Å². The lowest BCUT2D eigenvalue weighted by molar-refractivity contribution is 0.295.